The summed E-state index contributed by atoms with van der Waals surface area (Å²) >= 11 is 13.0. The number of piperidine rings is 2. The summed E-state index contributed by atoms with van der Waals surface area (Å²) in [6, 6.07) is 23.6. The van der Waals surface area contributed by atoms with Crippen molar-refractivity contribution in [2.45, 2.75) is 62.8 Å². The number of thiocarbonyl (C=S) groups is 1. The number of aldehydes is 3. The largest absolute Gasteiger partial charge is 0.483 e. The van der Waals surface area contributed by atoms with Crippen LogP contribution in [0.15, 0.2) is 72.8 Å². The van der Waals surface area contributed by atoms with Crippen molar-refractivity contribution in [3.05, 3.63) is 99.4 Å². The Labute approximate surface area is 365 Å². The fourth-order valence-corrected chi connectivity index (χ4v) is 12.4. The maximum atomic E-state index is 14.2. The second-order valence-corrected chi connectivity index (χ2v) is 19.4. The van der Waals surface area contributed by atoms with Crippen LogP contribution in [0.1, 0.15) is 76.6 Å². The van der Waals surface area contributed by atoms with E-state index in [0.29, 0.717) is 58.8 Å². The van der Waals surface area contributed by atoms with Gasteiger partial charge in [0, 0.05) is 60.6 Å². The zero-order valence-electron chi connectivity index (χ0n) is 33.7. The average molecular weight is 887 g/mol. The van der Waals surface area contributed by atoms with Gasteiger partial charge < -0.3 is 25.6 Å². The molecule has 1 atom stereocenters. The van der Waals surface area contributed by atoms with Gasteiger partial charge in [-0.1, -0.05) is 66.3 Å². The molecule has 0 saturated carbocycles. The van der Waals surface area contributed by atoms with Crippen molar-refractivity contribution < 1.29 is 27.5 Å². The first-order chi connectivity index (χ1) is 28.9. The van der Waals surface area contributed by atoms with Crippen molar-refractivity contribution in [2.75, 3.05) is 54.1 Å². The fourth-order valence-electron chi connectivity index (χ4n) is 8.89. The molecule has 2 aliphatic rings. The highest BCUT2D eigenvalue weighted by Crippen LogP contribution is 2.46. The van der Waals surface area contributed by atoms with Crippen LogP contribution in [0.3, 0.4) is 0 Å². The summed E-state index contributed by atoms with van der Waals surface area (Å²) in [7, 11) is -1.85. The predicted molar refractivity (Wildman–Crippen MR) is 249 cm³/mol. The molecule has 0 amide bonds. The zero-order chi connectivity index (χ0) is 42.6. The first-order valence-electron chi connectivity index (χ1n) is 19.9. The van der Waals surface area contributed by atoms with Crippen LogP contribution in [-0.2, 0) is 20.6 Å². The summed E-state index contributed by atoms with van der Waals surface area (Å²) in [5.74, 6) is 0.359. The van der Waals surface area contributed by atoms with Crippen LogP contribution in [0.5, 0.6) is 5.75 Å². The molecule has 5 aromatic rings. The molecule has 0 radical (unpaired) electrons. The molecule has 0 aliphatic carbocycles. The Hall–Kier alpha value is -4.86. The Morgan fingerprint density at radius 1 is 0.950 bits per heavy atom. The van der Waals surface area contributed by atoms with Crippen LogP contribution in [0, 0.1) is 0 Å². The number of anilines is 4. The number of nitrogens with one attached hydrogen (secondary N) is 3. The maximum Gasteiger partial charge on any atom is 0.218 e. The number of fused-ring (bicyclic) bond motifs is 1. The molecule has 60 heavy (non-hydrogen) atoms. The molecule has 1 aromatic heterocycles. The number of thiophene rings is 1. The van der Waals surface area contributed by atoms with Crippen LogP contribution >= 0.6 is 35.2 Å². The Morgan fingerprint density at radius 3 is 2.42 bits per heavy atom. The number of nitrogens with zero attached hydrogens (tertiary/aromatic N) is 2. The number of ether oxygens (including phenoxy) is 1. The van der Waals surface area contributed by atoms with Gasteiger partial charge in [-0.15, -0.1) is 11.3 Å². The van der Waals surface area contributed by atoms with E-state index in [0.717, 1.165) is 71.3 Å². The number of benzene rings is 4. The predicted octanol–water partition coefficient (Wildman–Crippen LogP) is 9.40. The van der Waals surface area contributed by atoms with Crippen LogP contribution < -0.4 is 25.6 Å². The molecule has 2 saturated heterocycles. The highest BCUT2D eigenvalue weighted by molar-refractivity contribution is 7.88. The molecular formula is C45H48ClN5O6S3. The Balaban J connectivity index is 1.03. The smallest absolute Gasteiger partial charge is 0.218 e. The second-order valence-electron chi connectivity index (χ2n) is 15.8. The Bertz CT molecular complexity index is 2540. The lowest BCUT2D eigenvalue weighted by molar-refractivity contribution is -0.109. The number of rotatable bonds is 16. The minimum Gasteiger partial charge on any atom is -0.483 e. The average Bonchev–Trinajstić information content (AvgIpc) is 3.56. The lowest BCUT2D eigenvalue weighted by atomic mass is 9.85. The number of carbonyl (C=O) groups excluding carboxylic acids is 3. The second kappa shape index (κ2) is 18.4. The highest BCUT2D eigenvalue weighted by Gasteiger charge is 2.41. The van der Waals surface area contributed by atoms with Gasteiger partial charge in [-0.2, -0.15) is 4.31 Å². The van der Waals surface area contributed by atoms with Gasteiger partial charge in [-0.3, -0.25) is 14.4 Å². The normalized spacial score (nSPS) is 17.2. The Morgan fingerprint density at radius 2 is 1.72 bits per heavy atom. The fraction of sp³-hybridized carbons (Fsp3) is 0.333. The Kier molecular flexibility index (Phi) is 13.3. The number of carbonyl (C=O) groups is 3. The molecule has 4 aromatic carbocycles. The van der Waals surface area contributed by atoms with Gasteiger partial charge in [0.05, 0.1) is 27.5 Å². The zero-order valence-corrected chi connectivity index (χ0v) is 36.9. The molecular weight excluding hydrogens is 838 g/mol. The van der Waals surface area contributed by atoms with E-state index >= 15 is 0 Å². The summed E-state index contributed by atoms with van der Waals surface area (Å²) in [6.45, 7) is 5.62. The third kappa shape index (κ3) is 8.94. The summed E-state index contributed by atoms with van der Waals surface area (Å²) in [5, 5.41) is 12.3. The monoisotopic (exact) mass is 885 g/mol. The summed E-state index contributed by atoms with van der Waals surface area (Å²) in [6.07, 6.45) is 5.15. The molecule has 0 spiro atoms. The number of hydrogen-bond donors (Lipinski definition) is 3. The van der Waals surface area contributed by atoms with E-state index in [-0.39, 0.29) is 29.2 Å². The lowest BCUT2D eigenvalue weighted by Crippen LogP contribution is -2.55. The van der Waals surface area contributed by atoms with E-state index in [1.165, 1.54) is 22.4 Å². The van der Waals surface area contributed by atoms with E-state index < -0.39 is 15.6 Å². The molecule has 314 valence electrons. The van der Waals surface area contributed by atoms with Crippen molar-refractivity contribution in [3.63, 3.8) is 0 Å². The van der Waals surface area contributed by atoms with E-state index in [2.05, 4.69) is 39.0 Å². The van der Waals surface area contributed by atoms with Crippen molar-refractivity contribution in [2.24, 2.45) is 0 Å². The van der Waals surface area contributed by atoms with Gasteiger partial charge in [0.15, 0.2) is 24.6 Å². The van der Waals surface area contributed by atoms with Crippen LogP contribution in [0.2, 0.25) is 5.02 Å². The van der Waals surface area contributed by atoms with Gasteiger partial charge in [0.1, 0.15) is 16.5 Å². The molecule has 1 unspecified atom stereocenters. The van der Waals surface area contributed by atoms with Crippen molar-refractivity contribution in [1.29, 1.82) is 0 Å². The summed E-state index contributed by atoms with van der Waals surface area (Å²) < 4.78 is 35.6. The van der Waals surface area contributed by atoms with Gasteiger partial charge in [0.25, 0.3) is 0 Å². The van der Waals surface area contributed by atoms with Crippen LogP contribution in [0.25, 0.3) is 21.2 Å². The molecule has 0 bridgehead atoms. The SMILES string of the molecule is CNc1ccc(C2CCN(c3cc(CS(=O)(=O)N4CCC(Nc5cccc(-c6sc(C=O)c(OCC=O)c6Cl)c5)CC4(C)C)ccc3NC=S)CC2)c2cccc(C=O)c12. The number of halogens is 1. The lowest BCUT2D eigenvalue weighted by Gasteiger charge is -2.45. The van der Waals surface area contributed by atoms with Crippen LogP contribution in [0.4, 0.5) is 22.7 Å². The van der Waals surface area contributed by atoms with Crippen molar-refractivity contribution in [3.8, 4) is 16.2 Å². The first-order valence-corrected chi connectivity index (χ1v) is 23.2. The van der Waals surface area contributed by atoms with Gasteiger partial charge >= 0.3 is 0 Å². The first kappa shape index (κ1) is 43.2. The quantitative estimate of drug-likeness (QED) is 0.0646. The summed E-state index contributed by atoms with van der Waals surface area (Å²) in [5.41, 5.74) is 7.71. The van der Waals surface area contributed by atoms with E-state index in [9.17, 15) is 22.8 Å². The molecule has 15 heteroatoms. The standard InChI is InChI=1S/C45H48ClN5O6S3/c1-45(2)24-34(49-33-8-4-6-31(23-33)44-42(46)43(57-21-20-52)40(26-54)59-44)16-19-51(45)60(55,56)27-29-10-12-37(48-28-58)39(22-29)50-17-14-30(15-18-50)35-11-13-38(47-3)41-32(25-53)7-5-9-36(35)41/h4-13,20,22-23,25-26,28,30,34,47,49H,14-19,21,24,27H2,1-3H3,(H,48,58). The van der Waals surface area contributed by atoms with Gasteiger partial charge in [-0.05, 0) is 97.9 Å². The van der Waals surface area contributed by atoms with E-state index in [1.54, 1.807) is 4.31 Å². The molecule has 11 nitrogen and oxygen atoms in total. The van der Waals surface area contributed by atoms with Gasteiger partial charge in [-0.25, -0.2) is 8.42 Å². The number of hydrogen-bond acceptors (Lipinski definition) is 11. The third-order valence-electron chi connectivity index (χ3n) is 11.6. The van der Waals surface area contributed by atoms with Crippen molar-refractivity contribution in [1.82, 2.24) is 4.31 Å². The third-order valence-corrected chi connectivity index (χ3v) is 15.4. The molecule has 3 heterocycles. The van der Waals surface area contributed by atoms with Crippen LogP contribution in [-0.4, -0.2) is 81.9 Å². The number of sulfonamides is 1. The molecule has 7 rings (SSSR count). The van der Waals surface area contributed by atoms with E-state index in [4.69, 9.17) is 28.6 Å². The molecule has 2 fully saturated rings. The molecule has 2 aliphatic heterocycles. The highest BCUT2D eigenvalue weighted by atomic mass is 35.5. The topological polar surface area (TPSA) is 137 Å². The minimum atomic E-state index is -3.72. The van der Waals surface area contributed by atoms with E-state index in [1.807, 2.05) is 75.5 Å². The molecule has 3 N–H and O–H groups in total. The summed E-state index contributed by atoms with van der Waals surface area (Å²) in [4.78, 5) is 37.8. The van der Waals surface area contributed by atoms with Crippen molar-refractivity contribution >= 4 is 103 Å². The maximum absolute atomic E-state index is 14.2. The minimum absolute atomic E-state index is 0.00151. The van der Waals surface area contributed by atoms with Gasteiger partial charge in [0.2, 0.25) is 10.0 Å².